The first kappa shape index (κ1) is 7.12. The first-order valence-electron chi connectivity index (χ1n) is 3.58. The predicted octanol–water partition coefficient (Wildman–Crippen LogP) is 0.897. The van der Waals surface area contributed by atoms with Crippen LogP contribution in [0.1, 0.15) is 13.8 Å². The van der Waals surface area contributed by atoms with Crippen molar-refractivity contribution < 1.29 is 4.98 Å². The molecule has 0 aliphatic heterocycles. The van der Waals surface area contributed by atoms with Crippen LogP contribution in [0.5, 0.6) is 0 Å². The van der Waals surface area contributed by atoms with Gasteiger partial charge in [-0.15, -0.1) is 0 Å². The van der Waals surface area contributed by atoms with Gasteiger partial charge in [-0.1, -0.05) is 13.8 Å². The summed E-state index contributed by atoms with van der Waals surface area (Å²) in [5.74, 6) is 1.66. The van der Waals surface area contributed by atoms with E-state index in [-0.39, 0.29) is 0 Å². The number of hydrogen-bond acceptors (Lipinski definition) is 1. The van der Waals surface area contributed by atoms with Crippen LogP contribution in [-0.2, 0) is 0 Å². The SMILES string of the molecule is CC(C)CNc1[nH]cc[nH+]1. The number of imidazole rings is 1. The smallest absolute Gasteiger partial charge is 0.277 e. The maximum atomic E-state index is 3.21. The van der Waals surface area contributed by atoms with Gasteiger partial charge in [-0.05, 0) is 5.92 Å². The van der Waals surface area contributed by atoms with E-state index in [0.717, 1.165) is 12.5 Å². The zero-order valence-corrected chi connectivity index (χ0v) is 6.44. The molecule has 0 bridgehead atoms. The van der Waals surface area contributed by atoms with Crippen LogP contribution in [0.4, 0.5) is 5.95 Å². The van der Waals surface area contributed by atoms with Gasteiger partial charge in [0.05, 0.1) is 18.9 Å². The highest BCUT2D eigenvalue weighted by atomic mass is 15.1. The molecule has 3 nitrogen and oxygen atoms in total. The molecule has 0 aliphatic carbocycles. The van der Waals surface area contributed by atoms with Gasteiger partial charge in [0.2, 0.25) is 0 Å². The molecule has 0 atom stereocenters. The molecule has 0 radical (unpaired) electrons. The molecular formula is C7H14N3+. The molecule has 1 heterocycles. The molecular weight excluding hydrogens is 126 g/mol. The molecule has 1 aromatic rings. The molecule has 0 saturated carbocycles. The Hall–Kier alpha value is -0.990. The fourth-order valence-electron chi connectivity index (χ4n) is 0.700. The Kier molecular flexibility index (Phi) is 2.31. The van der Waals surface area contributed by atoms with Gasteiger partial charge in [0.25, 0.3) is 0 Å². The van der Waals surface area contributed by atoms with Crippen LogP contribution in [0.2, 0.25) is 0 Å². The van der Waals surface area contributed by atoms with Crippen LogP contribution < -0.4 is 10.3 Å². The van der Waals surface area contributed by atoms with E-state index in [0.29, 0.717) is 5.92 Å². The second kappa shape index (κ2) is 3.25. The van der Waals surface area contributed by atoms with Gasteiger partial charge in [0.15, 0.2) is 0 Å². The van der Waals surface area contributed by atoms with Gasteiger partial charge in [-0.3, -0.25) is 5.32 Å². The van der Waals surface area contributed by atoms with E-state index >= 15 is 0 Å². The first-order valence-corrected chi connectivity index (χ1v) is 3.58. The third-order valence-electron chi connectivity index (χ3n) is 1.23. The average molecular weight is 140 g/mol. The Bertz CT molecular complexity index is 167. The number of aromatic nitrogens is 2. The summed E-state index contributed by atoms with van der Waals surface area (Å²) >= 11 is 0. The summed E-state index contributed by atoms with van der Waals surface area (Å²) in [7, 11) is 0. The minimum Gasteiger partial charge on any atom is -0.277 e. The van der Waals surface area contributed by atoms with Crippen molar-refractivity contribution in [2.24, 2.45) is 5.92 Å². The van der Waals surface area contributed by atoms with Gasteiger partial charge in [0, 0.05) is 0 Å². The number of hydrogen-bond donors (Lipinski definition) is 2. The maximum Gasteiger partial charge on any atom is 0.352 e. The normalized spacial score (nSPS) is 10.3. The van der Waals surface area contributed by atoms with Gasteiger partial charge < -0.3 is 0 Å². The zero-order chi connectivity index (χ0) is 7.40. The Morgan fingerprint density at radius 2 is 2.50 bits per heavy atom. The molecule has 0 fully saturated rings. The summed E-state index contributed by atoms with van der Waals surface area (Å²) in [6.07, 6.45) is 3.73. The molecule has 1 rings (SSSR count). The van der Waals surface area contributed by atoms with Crippen molar-refractivity contribution in [1.29, 1.82) is 0 Å². The highest BCUT2D eigenvalue weighted by Crippen LogP contribution is 1.93. The molecule has 0 amide bonds. The molecule has 0 saturated heterocycles. The van der Waals surface area contributed by atoms with Crippen molar-refractivity contribution in [1.82, 2.24) is 4.98 Å². The van der Waals surface area contributed by atoms with E-state index in [4.69, 9.17) is 0 Å². The van der Waals surface area contributed by atoms with Crippen LogP contribution in [0.25, 0.3) is 0 Å². The van der Waals surface area contributed by atoms with Crippen molar-refractivity contribution >= 4 is 5.95 Å². The summed E-state index contributed by atoms with van der Waals surface area (Å²) in [6, 6.07) is 0. The van der Waals surface area contributed by atoms with Gasteiger partial charge in [-0.25, -0.2) is 9.97 Å². The lowest BCUT2D eigenvalue weighted by atomic mass is 10.2. The molecule has 1 aromatic heterocycles. The number of nitrogens with one attached hydrogen (secondary N) is 3. The lowest BCUT2D eigenvalue weighted by molar-refractivity contribution is -0.358. The largest absolute Gasteiger partial charge is 0.352 e. The Morgan fingerprint density at radius 1 is 1.70 bits per heavy atom. The van der Waals surface area contributed by atoms with Crippen molar-refractivity contribution in [3.63, 3.8) is 0 Å². The molecule has 3 N–H and O–H groups in total. The van der Waals surface area contributed by atoms with E-state index in [2.05, 4.69) is 29.1 Å². The second-order valence-electron chi connectivity index (χ2n) is 2.77. The quantitative estimate of drug-likeness (QED) is 0.643. The summed E-state index contributed by atoms with van der Waals surface area (Å²) in [6.45, 7) is 5.35. The third kappa shape index (κ3) is 2.09. The van der Waals surface area contributed by atoms with Crippen molar-refractivity contribution in [2.75, 3.05) is 11.9 Å². The maximum absolute atomic E-state index is 3.21. The zero-order valence-electron chi connectivity index (χ0n) is 6.44. The monoisotopic (exact) mass is 140 g/mol. The Labute approximate surface area is 60.9 Å². The van der Waals surface area contributed by atoms with E-state index in [1.54, 1.807) is 0 Å². The lowest BCUT2D eigenvalue weighted by Gasteiger charge is -1.99. The fourth-order valence-corrected chi connectivity index (χ4v) is 0.700. The molecule has 0 unspecified atom stereocenters. The van der Waals surface area contributed by atoms with Crippen LogP contribution in [0.3, 0.4) is 0 Å². The fraction of sp³-hybridized carbons (Fsp3) is 0.571. The van der Waals surface area contributed by atoms with Crippen LogP contribution in [0.15, 0.2) is 12.4 Å². The van der Waals surface area contributed by atoms with Gasteiger partial charge in [-0.2, -0.15) is 0 Å². The van der Waals surface area contributed by atoms with E-state index < -0.39 is 0 Å². The Balaban J connectivity index is 2.28. The van der Waals surface area contributed by atoms with Gasteiger partial charge in [0.1, 0.15) is 0 Å². The number of H-pyrrole nitrogens is 2. The molecule has 0 aromatic carbocycles. The highest BCUT2D eigenvalue weighted by Gasteiger charge is 2.00. The molecule has 10 heavy (non-hydrogen) atoms. The summed E-state index contributed by atoms with van der Waals surface area (Å²) in [5.41, 5.74) is 0. The van der Waals surface area contributed by atoms with E-state index in [1.165, 1.54) is 0 Å². The minimum absolute atomic E-state index is 0.677. The second-order valence-corrected chi connectivity index (χ2v) is 2.77. The number of aromatic amines is 2. The topological polar surface area (TPSA) is 42.0 Å². The van der Waals surface area contributed by atoms with E-state index in [1.807, 2.05) is 12.4 Å². The lowest BCUT2D eigenvalue weighted by Crippen LogP contribution is -2.14. The first-order chi connectivity index (χ1) is 4.79. The van der Waals surface area contributed by atoms with Crippen LogP contribution >= 0.6 is 0 Å². The number of anilines is 1. The van der Waals surface area contributed by atoms with Crippen molar-refractivity contribution in [3.8, 4) is 0 Å². The predicted molar refractivity (Wildman–Crippen MR) is 40.7 cm³/mol. The molecule has 56 valence electrons. The highest BCUT2D eigenvalue weighted by molar-refractivity contribution is 5.14. The van der Waals surface area contributed by atoms with Gasteiger partial charge >= 0.3 is 5.95 Å². The minimum atomic E-state index is 0.677. The molecule has 0 aliphatic rings. The average Bonchev–Trinajstić information content (AvgIpc) is 2.34. The van der Waals surface area contributed by atoms with Crippen molar-refractivity contribution in [3.05, 3.63) is 12.4 Å². The molecule has 0 spiro atoms. The standard InChI is InChI=1S/C7H13N3/c1-6(2)5-10-7-8-3-4-9-7/h3-4,6H,5H2,1-2H3,(H2,8,9,10)/p+1. The van der Waals surface area contributed by atoms with E-state index in [9.17, 15) is 0 Å². The Morgan fingerprint density at radius 3 is 3.00 bits per heavy atom. The van der Waals surface area contributed by atoms with Crippen molar-refractivity contribution in [2.45, 2.75) is 13.8 Å². The molecule has 3 heteroatoms. The van der Waals surface area contributed by atoms with Crippen LogP contribution in [-0.4, -0.2) is 11.5 Å². The summed E-state index contributed by atoms with van der Waals surface area (Å²) in [5, 5.41) is 3.21. The number of rotatable bonds is 3. The third-order valence-corrected chi connectivity index (χ3v) is 1.23. The summed E-state index contributed by atoms with van der Waals surface area (Å²) < 4.78 is 0. The van der Waals surface area contributed by atoms with Crippen LogP contribution in [0, 0.1) is 5.92 Å². The summed E-state index contributed by atoms with van der Waals surface area (Å²) in [4.78, 5) is 6.05.